The molecule has 0 fully saturated rings. The molecule has 33 heavy (non-hydrogen) atoms. The van der Waals surface area contributed by atoms with Crippen LogP contribution in [0.1, 0.15) is 20.7 Å². The maximum Gasteiger partial charge on any atom is 0.339 e. The van der Waals surface area contributed by atoms with Crippen LogP contribution in [0.3, 0.4) is 0 Å². The third-order valence-electron chi connectivity index (χ3n) is 5.16. The van der Waals surface area contributed by atoms with Gasteiger partial charge in [-0.05, 0) is 62.6 Å². The average Bonchev–Trinajstić information content (AvgIpc) is 2.84. The lowest BCUT2D eigenvalue weighted by Gasteiger charge is -2.19. The van der Waals surface area contributed by atoms with Gasteiger partial charge in [0, 0.05) is 5.56 Å². The molecule has 0 atom stereocenters. The predicted molar refractivity (Wildman–Crippen MR) is 126 cm³/mol. The van der Waals surface area contributed by atoms with Gasteiger partial charge in [0.25, 0.3) is 0 Å². The van der Waals surface area contributed by atoms with Crippen LogP contribution in [-0.2, 0) is 9.47 Å². The van der Waals surface area contributed by atoms with Gasteiger partial charge in [-0.3, -0.25) is 0 Å². The van der Waals surface area contributed by atoms with E-state index in [1.807, 2.05) is 0 Å². The molecule has 3 aromatic carbocycles. The fourth-order valence-corrected chi connectivity index (χ4v) is 4.28. The molecule has 8 nitrogen and oxygen atoms in total. The normalized spacial score (nSPS) is 10.5. The molecule has 0 spiro atoms. The SMILES string of the molecule is COC(=O)c1cc2cc(OC)c(OC)cc2c(-c2cc(Br)c(OC)c(OC)c2)c1C(=O)OC. The highest BCUT2D eigenvalue weighted by atomic mass is 79.9. The summed E-state index contributed by atoms with van der Waals surface area (Å²) >= 11 is 3.49. The van der Waals surface area contributed by atoms with E-state index >= 15 is 0 Å². The van der Waals surface area contributed by atoms with Crippen molar-refractivity contribution in [1.82, 2.24) is 0 Å². The van der Waals surface area contributed by atoms with E-state index in [4.69, 9.17) is 28.4 Å². The fraction of sp³-hybridized carbons (Fsp3) is 0.250. The number of fused-ring (bicyclic) bond motifs is 1. The molecule has 9 heteroatoms. The van der Waals surface area contributed by atoms with Gasteiger partial charge in [-0.2, -0.15) is 0 Å². The quantitative estimate of drug-likeness (QED) is 0.409. The van der Waals surface area contributed by atoms with E-state index in [2.05, 4.69) is 15.9 Å². The van der Waals surface area contributed by atoms with Crippen LogP contribution in [0.25, 0.3) is 21.9 Å². The highest BCUT2D eigenvalue weighted by molar-refractivity contribution is 9.10. The second-order valence-corrected chi connectivity index (χ2v) is 7.63. The van der Waals surface area contributed by atoms with Crippen LogP contribution in [0.2, 0.25) is 0 Å². The van der Waals surface area contributed by atoms with Crippen molar-refractivity contribution in [3.63, 3.8) is 0 Å². The van der Waals surface area contributed by atoms with Gasteiger partial charge in [-0.25, -0.2) is 9.59 Å². The van der Waals surface area contributed by atoms with Crippen LogP contribution < -0.4 is 18.9 Å². The van der Waals surface area contributed by atoms with Crippen LogP contribution >= 0.6 is 15.9 Å². The molecule has 0 aliphatic carbocycles. The largest absolute Gasteiger partial charge is 0.493 e. The Morgan fingerprint density at radius 1 is 0.697 bits per heavy atom. The van der Waals surface area contributed by atoms with E-state index in [0.29, 0.717) is 49.4 Å². The first kappa shape index (κ1) is 24.2. The summed E-state index contributed by atoms with van der Waals surface area (Å²) in [5.41, 5.74) is 1.10. The summed E-state index contributed by atoms with van der Waals surface area (Å²) in [5.74, 6) is 0.433. The number of esters is 2. The number of halogens is 1. The van der Waals surface area contributed by atoms with Crippen molar-refractivity contribution in [3.05, 3.63) is 45.9 Å². The van der Waals surface area contributed by atoms with Gasteiger partial charge < -0.3 is 28.4 Å². The third-order valence-corrected chi connectivity index (χ3v) is 5.75. The standard InChI is InChI=1S/C24H23BrO8/c1-28-17-9-12-7-15(23(26)32-5)21(24(27)33-6)20(14(12)11-18(17)29-2)13-8-16(25)22(31-4)19(10-13)30-3/h7-11H,1-6H3. The molecular weight excluding hydrogens is 496 g/mol. The molecule has 0 unspecified atom stereocenters. The van der Waals surface area contributed by atoms with Gasteiger partial charge in [0.1, 0.15) is 0 Å². The second kappa shape index (κ2) is 9.99. The van der Waals surface area contributed by atoms with E-state index in [9.17, 15) is 9.59 Å². The summed E-state index contributed by atoms with van der Waals surface area (Å²) in [7, 11) is 8.55. The Balaban J connectivity index is 2.58. The number of methoxy groups -OCH3 is 6. The fourth-order valence-electron chi connectivity index (χ4n) is 3.67. The monoisotopic (exact) mass is 518 g/mol. The molecule has 0 aliphatic heterocycles. The second-order valence-electron chi connectivity index (χ2n) is 6.78. The Morgan fingerprint density at radius 3 is 1.85 bits per heavy atom. The van der Waals surface area contributed by atoms with E-state index in [-0.39, 0.29) is 11.1 Å². The lowest BCUT2D eigenvalue weighted by Crippen LogP contribution is -2.14. The molecule has 3 rings (SSSR count). The molecule has 0 aliphatic rings. The molecule has 3 aromatic rings. The Labute approximate surface area is 199 Å². The minimum Gasteiger partial charge on any atom is -0.493 e. The van der Waals surface area contributed by atoms with Crippen molar-refractivity contribution in [1.29, 1.82) is 0 Å². The van der Waals surface area contributed by atoms with Gasteiger partial charge in [0.2, 0.25) is 0 Å². The van der Waals surface area contributed by atoms with E-state index < -0.39 is 11.9 Å². The van der Waals surface area contributed by atoms with Gasteiger partial charge in [-0.15, -0.1) is 0 Å². The van der Waals surface area contributed by atoms with Gasteiger partial charge in [0.05, 0.1) is 58.3 Å². The van der Waals surface area contributed by atoms with Crippen molar-refractivity contribution in [2.45, 2.75) is 0 Å². The first-order valence-electron chi connectivity index (χ1n) is 9.66. The number of hydrogen-bond donors (Lipinski definition) is 0. The average molecular weight is 519 g/mol. The van der Waals surface area contributed by atoms with Crippen LogP contribution in [0, 0.1) is 0 Å². The van der Waals surface area contributed by atoms with Gasteiger partial charge in [0.15, 0.2) is 23.0 Å². The van der Waals surface area contributed by atoms with Crippen molar-refractivity contribution in [2.24, 2.45) is 0 Å². The number of rotatable bonds is 7. The Kier molecular flexibility index (Phi) is 7.33. The Morgan fingerprint density at radius 2 is 1.30 bits per heavy atom. The number of ether oxygens (including phenoxy) is 6. The minimum atomic E-state index is -0.701. The predicted octanol–water partition coefficient (Wildman–Crippen LogP) is 4.88. The third kappa shape index (κ3) is 4.28. The molecule has 0 saturated carbocycles. The maximum absolute atomic E-state index is 13.0. The molecule has 0 saturated heterocycles. The first-order chi connectivity index (χ1) is 15.8. The summed E-state index contributed by atoms with van der Waals surface area (Å²) in [5, 5.41) is 1.25. The zero-order valence-electron chi connectivity index (χ0n) is 19.0. The molecule has 0 aromatic heterocycles. The van der Waals surface area contributed by atoms with Crippen LogP contribution in [0.5, 0.6) is 23.0 Å². The topological polar surface area (TPSA) is 89.5 Å². The van der Waals surface area contributed by atoms with Gasteiger partial charge >= 0.3 is 11.9 Å². The Bertz CT molecular complexity index is 1240. The summed E-state index contributed by atoms with van der Waals surface area (Å²) in [6, 6.07) is 8.50. The zero-order chi connectivity index (χ0) is 24.3. The number of carbonyl (C=O) groups excluding carboxylic acids is 2. The summed E-state index contributed by atoms with van der Waals surface area (Å²) < 4.78 is 32.4. The molecular formula is C24H23BrO8. The molecule has 0 radical (unpaired) electrons. The highest BCUT2D eigenvalue weighted by Gasteiger charge is 2.28. The van der Waals surface area contributed by atoms with Crippen LogP contribution in [0.4, 0.5) is 0 Å². The summed E-state index contributed by atoms with van der Waals surface area (Å²) in [4.78, 5) is 25.7. The van der Waals surface area contributed by atoms with E-state index in [0.717, 1.165) is 0 Å². The molecule has 0 amide bonds. The molecule has 0 bridgehead atoms. The molecule has 174 valence electrons. The molecule has 0 heterocycles. The molecule has 0 N–H and O–H groups in total. The lowest BCUT2D eigenvalue weighted by atomic mass is 9.89. The first-order valence-corrected chi connectivity index (χ1v) is 10.5. The van der Waals surface area contributed by atoms with Crippen molar-refractivity contribution in [2.75, 3.05) is 42.7 Å². The maximum atomic E-state index is 13.0. The van der Waals surface area contributed by atoms with Crippen molar-refractivity contribution in [3.8, 4) is 34.1 Å². The smallest absolute Gasteiger partial charge is 0.339 e. The zero-order valence-corrected chi connectivity index (χ0v) is 20.6. The summed E-state index contributed by atoms with van der Waals surface area (Å²) in [6.07, 6.45) is 0. The number of hydrogen-bond acceptors (Lipinski definition) is 8. The number of carbonyl (C=O) groups is 2. The lowest BCUT2D eigenvalue weighted by molar-refractivity contribution is 0.0556. The van der Waals surface area contributed by atoms with E-state index in [1.54, 1.807) is 30.3 Å². The Hall–Kier alpha value is -3.46. The van der Waals surface area contributed by atoms with Crippen LogP contribution in [-0.4, -0.2) is 54.6 Å². The van der Waals surface area contributed by atoms with Gasteiger partial charge in [-0.1, -0.05) is 0 Å². The minimum absolute atomic E-state index is 0.0446. The number of benzene rings is 3. The highest BCUT2D eigenvalue weighted by Crippen LogP contribution is 2.45. The summed E-state index contributed by atoms with van der Waals surface area (Å²) in [6.45, 7) is 0. The van der Waals surface area contributed by atoms with Crippen molar-refractivity contribution < 1.29 is 38.0 Å². The van der Waals surface area contributed by atoms with Crippen LogP contribution in [0.15, 0.2) is 34.8 Å². The van der Waals surface area contributed by atoms with E-state index in [1.165, 1.54) is 42.7 Å². The van der Waals surface area contributed by atoms with Crippen molar-refractivity contribution >= 4 is 38.6 Å².